The Morgan fingerprint density at radius 2 is 1.82 bits per heavy atom. The number of nitrogens with one attached hydrogen (secondary N) is 1. The van der Waals surface area contributed by atoms with E-state index in [2.05, 4.69) is 5.32 Å². The summed E-state index contributed by atoms with van der Waals surface area (Å²) >= 11 is 0. The lowest BCUT2D eigenvalue weighted by Crippen LogP contribution is -2.44. The van der Waals surface area contributed by atoms with Crippen LogP contribution < -0.4 is 5.32 Å². The molecule has 1 aliphatic rings. The molecule has 1 aromatic rings. The molecule has 5 heteroatoms. The van der Waals surface area contributed by atoms with E-state index in [1.165, 1.54) is 6.92 Å². The van der Waals surface area contributed by atoms with Gasteiger partial charge in [-0.2, -0.15) is 0 Å². The van der Waals surface area contributed by atoms with E-state index in [1.54, 1.807) is 4.90 Å². The molecule has 5 nitrogen and oxygen atoms in total. The van der Waals surface area contributed by atoms with Crippen molar-refractivity contribution in [2.75, 3.05) is 0 Å². The Labute approximate surface area is 99.0 Å². The zero-order valence-electron chi connectivity index (χ0n) is 9.51. The molecule has 0 saturated carbocycles. The second kappa shape index (κ2) is 4.45. The van der Waals surface area contributed by atoms with E-state index in [1.807, 2.05) is 24.3 Å². The number of urea groups is 1. The van der Waals surface area contributed by atoms with Crippen LogP contribution in [0.4, 0.5) is 4.79 Å². The fourth-order valence-corrected chi connectivity index (χ4v) is 1.81. The molecule has 0 radical (unpaired) electrons. The number of hydrogen-bond donors (Lipinski definition) is 2. The number of benzene rings is 1. The van der Waals surface area contributed by atoms with Crippen molar-refractivity contribution in [3.8, 4) is 0 Å². The second-order valence-corrected chi connectivity index (χ2v) is 4.13. The maximum absolute atomic E-state index is 11.8. The van der Waals surface area contributed by atoms with Gasteiger partial charge in [-0.25, -0.2) is 4.79 Å². The van der Waals surface area contributed by atoms with Crippen LogP contribution in [0.1, 0.15) is 18.1 Å². The standard InChI is InChI=1S/C12H14N2O3/c1-8(11(15)16)13-12(17)14-6-9-4-2-3-5-10(9)7-14/h2-5,8H,6-7H2,1H3,(H,13,17)(H,15,16). The third-order valence-corrected chi connectivity index (χ3v) is 2.84. The van der Waals surface area contributed by atoms with E-state index >= 15 is 0 Å². The van der Waals surface area contributed by atoms with Gasteiger partial charge in [0.25, 0.3) is 0 Å². The number of rotatable bonds is 2. The molecule has 1 atom stereocenters. The summed E-state index contributed by atoms with van der Waals surface area (Å²) < 4.78 is 0. The number of amides is 2. The quantitative estimate of drug-likeness (QED) is 0.807. The van der Waals surface area contributed by atoms with Gasteiger partial charge in [0.1, 0.15) is 6.04 Å². The molecule has 1 aliphatic heterocycles. The van der Waals surface area contributed by atoms with Crippen LogP contribution in [0.15, 0.2) is 24.3 Å². The maximum atomic E-state index is 11.8. The SMILES string of the molecule is CC(NC(=O)N1Cc2ccccc2C1)C(=O)O. The Kier molecular flexibility index (Phi) is 2.99. The van der Waals surface area contributed by atoms with Crippen molar-refractivity contribution in [2.24, 2.45) is 0 Å². The Balaban J connectivity index is 1.99. The van der Waals surface area contributed by atoms with Crippen molar-refractivity contribution in [1.29, 1.82) is 0 Å². The zero-order valence-corrected chi connectivity index (χ0v) is 9.51. The monoisotopic (exact) mass is 234 g/mol. The normalized spacial score (nSPS) is 15.2. The molecular formula is C12H14N2O3. The number of carboxylic acid groups (broad SMARTS) is 1. The van der Waals surface area contributed by atoms with Gasteiger partial charge in [0.15, 0.2) is 0 Å². The Morgan fingerprint density at radius 3 is 2.29 bits per heavy atom. The lowest BCUT2D eigenvalue weighted by atomic mass is 10.1. The smallest absolute Gasteiger partial charge is 0.325 e. The lowest BCUT2D eigenvalue weighted by molar-refractivity contribution is -0.138. The fraction of sp³-hybridized carbons (Fsp3) is 0.333. The van der Waals surface area contributed by atoms with Crippen LogP contribution in [0.25, 0.3) is 0 Å². The molecule has 2 rings (SSSR count). The number of fused-ring (bicyclic) bond motifs is 1. The van der Waals surface area contributed by atoms with Gasteiger partial charge in [0.05, 0.1) is 0 Å². The van der Waals surface area contributed by atoms with E-state index in [9.17, 15) is 9.59 Å². The van der Waals surface area contributed by atoms with Crippen LogP contribution in [-0.4, -0.2) is 28.0 Å². The molecule has 2 N–H and O–H groups in total. The van der Waals surface area contributed by atoms with Gasteiger partial charge in [-0.1, -0.05) is 24.3 Å². The first kappa shape index (κ1) is 11.4. The summed E-state index contributed by atoms with van der Waals surface area (Å²) in [7, 11) is 0. The highest BCUT2D eigenvalue weighted by atomic mass is 16.4. The third-order valence-electron chi connectivity index (χ3n) is 2.84. The predicted octanol–water partition coefficient (Wildman–Crippen LogP) is 1.18. The topological polar surface area (TPSA) is 69.6 Å². The van der Waals surface area contributed by atoms with Crippen molar-refractivity contribution >= 4 is 12.0 Å². The van der Waals surface area contributed by atoms with E-state index in [0.717, 1.165) is 11.1 Å². The molecule has 0 fully saturated rings. The Bertz CT molecular complexity index is 434. The number of carboxylic acids is 1. The largest absolute Gasteiger partial charge is 0.480 e. The highest BCUT2D eigenvalue weighted by Gasteiger charge is 2.24. The molecule has 2 amide bonds. The molecule has 0 bridgehead atoms. The van der Waals surface area contributed by atoms with E-state index in [4.69, 9.17) is 5.11 Å². The third kappa shape index (κ3) is 2.38. The van der Waals surface area contributed by atoms with Crippen molar-refractivity contribution in [3.05, 3.63) is 35.4 Å². The number of carbonyl (C=O) groups excluding carboxylic acids is 1. The maximum Gasteiger partial charge on any atom is 0.325 e. The number of carbonyl (C=O) groups is 2. The first-order valence-corrected chi connectivity index (χ1v) is 5.43. The van der Waals surface area contributed by atoms with Crippen molar-refractivity contribution in [1.82, 2.24) is 10.2 Å². The first-order chi connectivity index (χ1) is 8.08. The predicted molar refractivity (Wildman–Crippen MR) is 61.3 cm³/mol. The summed E-state index contributed by atoms with van der Waals surface area (Å²) in [5, 5.41) is 11.2. The Morgan fingerprint density at radius 1 is 1.29 bits per heavy atom. The van der Waals surface area contributed by atoms with Crippen LogP contribution in [-0.2, 0) is 17.9 Å². The van der Waals surface area contributed by atoms with Gasteiger partial charge in [-0.05, 0) is 18.1 Å². The molecular weight excluding hydrogens is 220 g/mol. The second-order valence-electron chi connectivity index (χ2n) is 4.13. The molecule has 0 spiro atoms. The molecule has 0 aromatic heterocycles. The number of nitrogens with zero attached hydrogens (tertiary/aromatic N) is 1. The minimum Gasteiger partial charge on any atom is -0.480 e. The van der Waals surface area contributed by atoms with E-state index in [0.29, 0.717) is 13.1 Å². The summed E-state index contributed by atoms with van der Waals surface area (Å²) in [5.74, 6) is -1.03. The van der Waals surface area contributed by atoms with Gasteiger partial charge in [0.2, 0.25) is 0 Å². The van der Waals surface area contributed by atoms with Crippen LogP contribution in [0.3, 0.4) is 0 Å². The van der Waals surface area contributed by atoms with Crippen LogP contribution in [0, 0.1) is 0 Å². The van der Waals surface area contributed by atoms with Crippen molar-refractivity contribution in [2.45, 2.75) is 26.1 Å². The lowest BCUT2D eigenvalue weighted by Gasteiger charge is -2.18. The van der Waals surface area contributed by atoms with Gasteiger partial charge >= 0.3 is 12.0 Å². The molecule has 90 valence electrons. The highest BCUT2D eigenvalue weighted by molar-refractivity contribution is 5.82. The Hall–Kier alpha value is -2.04. The molecule has 0 aliphatic carbocycles. The van der Waals surface area contributed by atoms with Crippen LogP contribution in [0.5, 0.6) is 0 Å². The van der Waals surface area contributed by atoms with E-state index < -0.39 is 12.0 Å². The van der Waals surface area contributed by atoms with Gasteiger partial charge in [-0.3, -0.25) is 4.79 Å². The summed E-state index contributed by atoms with van der Waals surface area (Å²) in [6.45, 7) is 2.52. The summed E-state index contributed by atoms with van der Waals surface area (Å²) in [5.41, 5.74) is 2.23. The van der Waals surface area contributed by atoms with Gasteiger partial charge in [-0.15, -0.1) is 0 Å². The van der Waals surface area contributed by atoms with Gasteiger partial charge in [0, 0.05) is 13.1 Å². The molecule has 17 heavy (non-hydrogen) atoms. The molecule has 1 unspecified atom stereocenters. The van der Waals surface area contributed by atoms with Crippen molar-refractivity contribution < 1.29 is 14.7 Å². The van der Waals surface area contributed by atoms with Crippen LogP contribution >= 0.6 is 0 Å². The molecule has 1 heterocycles. The average molecular weight is 234 g/mol. The highest BCUT2D eigenvalue weighted by Crippen LogP contribution is 2.21. The first-order valence-electron chi connectivity index (χ1n) is 5.43. The molecule has 0 saturated heterocycles. The zero-order chi connectivity index (χ0) is 12.4. The minimum atomic E-state index is -1.03. The van der Waals surface area contributed by atoms with Gasteiger partial charge < -0.3 is 15.3 Å². The number of aliphatic carboxylic acids is 1. The summed E-state index contributed by atoms with van der Waals surface area (Å²) in [6, 6.07) is 6.61. The summed E-state index contributed by atoms with van der Waals surface area (Å²) in [6.07, 6.45) is 0. The average Bonchev–Trinajstić information content (AvgIpc) is 2.72. The summed E-state index contributed by atoms with van der Waals surface area (Å²) in [4.78, 5) is 24.0. The molecule has 1 aromatic carbocycles. The van der Waals surface area contributed by atoms with E-state index in [-0.39, 0.29) is 6.03 Å². The van der Waals surface area contributed by atoms with Crippen molar-refractivity contribution in [3.63, 3.8) is 0 Å². The fourth-order valence-electron chi connectivity index (χ4n) is 1.81. The minimum absolute atomic E-state index is 0.337. The van der Waals surface area contributed by atoms with Crippen LogP contribution in [0.2, 0.25) is 0 Å². The number of hydrogen-bond acceptors (Lipinski definition) is 2.